The number of unbranched alkanes of at least 4 members (excludes halogenated alkanes) is 1. The quantitative estimate of drug-likeness (QED) is 0.658. The zero-order valence-corrected chi connectivity index (χ0v) is 12.1. The molecular weight excluding hydrogens is 240 g/mol. The second-order valence-electron chi connectivity index (χ2n) is 4.88. The maximum Gasteiger partial charge on any atom is 0.115 e. The molecule has 0 fully saturated rings. The number of phenolic OH excluding ortho intramolecular Hbond substituents is 1. The average molecular weight is 266 g/mol. The van der Waals surface area contributed by atoms with Crippen molar-refractivity contribution in [3.05, 3.63) is 29.8 Å². The van der Waals surface area contributed by atoms with Gasteiger partial charge in [0.05, 0.1) is 12.7 Å². The zero-order chi connectivity index (χ0) is 13.9. The summed E-state index contributed by atoms with van der Waals surface area (Å²) in [5.74, 6) is 0.327. The molecule has 0 bridgehead atoms. The Bertz CT molecular complexity index is 321. The molecule has 0 unspecified atom stereocenters. The number of benzene rings is 1. The van der Waals surface area contributed by atoms with Gasteiger partial charge < -0.3 is 14.6 Å². The van der Waals surface area contributed by atoms with E-state index in [1.54, 1.807) is 12.1 Å². The largest absolute Gasteiger partial charge is 0.508 e. The summed E-state index contributed by atoms with van der Waals surface area (Å²) in [5.41, 5.74) is 1.26. The highest BCUT2D eigenvalue weighted by molar-refractivity contribution is 5.25. The van der Waals surface area contributed by atoms with Crippen LogP contribution in [0.4, 0.5) is 0 Å². The highest BCUT2D eigenvalue weighted by Gasteiger charge is 2.01. The minimum absolute atomic E-state index is 0.192. The maximum absolute atomic E-state index is 9.18. The van der Waals surface area contributed by atoms with Gasteiger partial charge in [-0.3, -0.25) is 0 Å². The smallest absolute Gasteiger partial charge is 0.115 e. The second-order valence-corrected chi connectivity index (χ2v) is 4.88. The number of hydrogen-bond donors (Lipinski definition) is 1. The molecule has 0 spiro atoms. The van der Waals surface area contributed by atoms with E-state index in [1.165, 1.54) is 5.56 Å². The van der Waals surface area contributed by atoms with Gasteiger partial charge in [-0.25, -0.2) is 0 Å². The predicted molar refractivity (Wildman–Crippen MR) is 77.6 cm³/mol. The first kappa shape index (κ1) is 16.0. The number of rotatable bonds is 10. The van der Waals surface area contributed by atoms with Crippen molar-refractivity contribution < 1.29 is 14.6 Å². The van der Waals surface area contributed by atoms with Crippen LogP contribution in [0, 0.1) is 0 Å². The lowest BCUT2D eigenvalue weighted by Crippen LogP contribution is -2.16. The van der Waals surface area contributed by atoms with E-state index in [1.807, 2.05) is 19.1 Å². The number of ether oxygens (including phenoxy) is 2. The standard InChI is InChI=1S/C16H26O3/c1-3-11-19-14(2)13-18-12-5-4-6-15-7-9-16(17)10-8-15/h7-10,14,17H,3-6,11-13H2,1-2H3/t14-/m0/s1. The number of aryl methyl sites for hydroxylation is 1. The van der Waals surface area contributed by atoms with Gasteiger partial charge in [-0.1, -0.05) is 19.1 Å². The van der Waals surface area contributed by atoms with Crippen LogP contribution in [0.2, 0.25) is 0 Å². The lowest BCUT2D eigenvalue weighted by molar-refractivity contribution is -0.00706. The van der Waals surface area contributed by atoms with Gasteiger partial charge in [0, 0.05) is 13.2 Å². The van der Waals surface area contributed by atoms with E-state index in [-0.39, 0.29) is 6.10 Å². The molecule has 1 aromatic carbocycles. The van der Waals surface area contributed by atoms with E-state index < -0.39 is 0 Å². The van der Waals surface area contributed by atoms with Crippen LogP contribution >= 0.6 is 0 Å². The van der Waals surface area contributed by atoms with Crippen molar-refractivity contribution in [1.29, 1.82) is 0 Å². The molecular formula is C16H26O3. The molecule has 19 heavy (non-hydrogen) atoms. The predicted octanol–water partition coefficient (Wildman–Crippen LogP) is 3.55. The van der Waals surface area contributed by atoms with Crippen LogP contribution in [0.1, 0.15) is 38.7 Å². The minimum atomic E-state index is 0.192. The maximum atomic E-state index is 9.18. The first-order valence-corrected chi connectivity index (χ1v) is 7.19. The SMILES string of the molecule is CCCO[C@@H](C)COCCCCc1ccc(O)cc1. The summed E-state index contributed by atoms with van der Waals surface area (Å²) in [4.78, 5) is 0. The molecule has 0 saturated carbocycles. The van der Waals surface area contributed by atoms with E-state index in [2.05, 4.69) is 6.92 Å². The summed E-state index contributed by atoms with van der Waals surface area (Å²) < 4.78 is 11.1. The second kappa shape index (κ2) is 9.82. The lowest BCUT2D eigenvalue weighted by atomic mass is 10.1. The van der Waals surface area contributed by atoms with Crippen molar-refractivity contribution in [1.82, 2.24) is 0 Å². The Labute approximate surface area is 116 Å². The van der Waals surface area contributed by atoms with Gasteiger partial charge >= 0.3 is 0 Å². The molecule has 3 heteroatoms. The summed E-state index contributed by atoms with van der Waals surface area (Å²) >= 11 is 0. The van der Waals surface area contributed by atoms with E-state index in [0.717, 1.165) is 38.9 Å². The molecule has 1 rings (SSSR count). The molecule has 1 atom stereocenters. The monoisotopic (exact) mass is 266 g/mol. The number of hydrogen-bond acceptors (Lipinski definition) is 3. The highest BCUT2D eigenvalue weighted by Crippen LogP contribution is 2.11. The van der Waals surface area contributed by atoms with Crippen molar-refractivity contribution in [2.24, 2.45) is 0 Å². The molecule has 0 heterocycles. The highest BCUT2D eigenvalue weighted by atomic mass is 16.5. The van der Waals surface area contributed by atoms with Crippen LogP contribution in [-0.4, -0.2) is 31.0 Å². The molecule has 0 aliphatic heterocycles. The number of phenols is 1. The van der Waals surface area contributed by atoms with E-state index in [9.17, 15) is 5.11 Å². The molecule has 108 valence electrons. The Kier molecular flexibility index (Phi) is 8.26. The van der Waals surface area contributed by atoms with Gasteiger partial charge in [0.2, 0.25) is 0 Å². The van der Waals surface area contributed by atoms with Gasteiger partial charge in [-0.05, 0) is 50.3 Å². The molecule has 1 aromatic rings. The summed E-state index contributed by atoms with van der Waals surface area (Å²) in [7, 11) is 0. The van der Waals surface area contributed by atoms with Crippen molar-refractivity contribution in [2.45, 2.75) is 45.6 Å². The molecule has 0 aliphatic carbocycles. The Morgan fingerprint density at radius 3 is 2.53 bits per heavy atom. The summed E-state index contributed by atoms with van der Waals surface area (Å²) in [6.45, 7) is 6.44. The van der Waals surface area contributed by atoms with Crippen LogP contribution in [0.15, 0.2) is 24.3 Å². The van der Waals surface area contributed by atoms with Gasteiger partial charge in [-0.15, -0.1) is 0 Å². The van der Waals surface area contributed by atoms with E-state index in [0.29, 0.717) is 12.4 Å². The molecule has 0 aliphatic rings. The van der Waals surface area contributed by atoms with E-state index >= 15 is 0 Å². The van der Waals surface area contributed by atoms with Crippen LogP contribution < -0.4 is 0 Å². The summed E-state index contributed by atoms with van der Waals surface area (Å²) in [6.07, 6.45) is 4.44. The Morgan fingerprint density at radius 1 is 1.11 bits per heavy atom. The topological polar surface area (TPSA) is 38.7 Å². The molecule has 1 N–H and O–H groups in total. The molecule has 0 amide bonds. The minimum Gasteiger partial charge on any atom is -0.508 e. The fourth-order valence-corrected chi connectivity index (χ4v) is 1.81. The Morgan fingerprint density at radius 2 is 1.84 bits per heavy atom. The zero-order valence-electron chi connectivity index (χ0n) is 12.1. The third-order valence-corrected chi connectivity index (χ3v) is 2.90. The Hall–Kier alpha value is -1.06. The van der Waals surface area contributed by atoms with E-state index in [4.69, 9.17) is 9.47 Å². The number of aromatic hydroxyl groups is 1. The van der Waals surface area contributed by atoms with Crippen LogP contribution in [0.5, 0.6) is 5.75 Å². The van der Waals surface area contributed by atoms with Gasteiger partial charge in [0.25, 0.3) is 0 Å². The normalized spacial score (nSPS) is 12.5. The summed E-state index contributed by atoms with van der Waals surface area (Å²) in [5, 5.41) is 9.18. The van der Waals surface area contributed by atoms with Gasteiger partial charge in [-0.2, -0.15) is 0 Å². The molecule has 0 aromatic heterocycles. The van der Waals surface area contributed by atoms with Crippen LogP contribution in [0.25, 0.3) is 0 Å². The first-order chi connectivity index (χ1) is 9.22. The van der Waals surface area contributed by atoms with Gasteiger partial charge in [0.1, 0.15) is 5.75 Å². The fourth-order valence-electron chi connectivity index (χ4n) is 1.81. The Balaban J connectivity index is 1.98. The van der Waals surface area contributed by atoms with Crippen LogP contribution in [0.3, 0.4) is 0 Å². The lowest BCUT2D eigenvalue weighted by Gasteiger charge is -2.12. The summed E-state index contributed by atoms with van der Waals surface area (Å²) in [6, 6.07) is 7.41. The van der Waals surface area contributed by atoms with Crippen molar-refractivity contribution in [2.75, 3.05) is 19.8 Å². The average Bonchev–Trinajstić information content (AvgIpc) is 2.42. The van der Waals surface area contributed by atoms with Crippen LogP contribution in [-0.2, 0) is 15.9 Å². The van der Waals surface area contributed by atoms with Crippen molar-refractivity contribution in [3.8, 4) is 5.75 Å². The van der Waals surface area contributed by atoms with Crippen molar-refractivity contribution >= 4 is 0 Å². The molecule has 0 radical (unpaired) electrons. The third kappa shape index (κ3) is 7.85. The molecule has 3 nitrogen and oxygen atoms in total. The third-order valence-electron chi connectivity index (χ3n) is 2.90. The molecule has 0 saturated heterocycles. The fraction of sp³-hybridized carbons (Fsp3) is 0.625. The van der Waals surface area contributed by atoms with Crippen molar-refractivity contribution in [3.63, 3.8) is 0 Å². The van der Waals surface area contributed by atoms with Gasteiger partial charge in [0.15, 0.2) is 0 Å². The first-order valence-electron chi connectivity index (χ1n) is 7.19.